The van der Waals surface area contributed by atoms with E-state index < -0.39 is 39.1 Å². The van der Waals surface area contributed by atoms with Crippen LogP contribution >= 0.6 is 15.2 Å². The van der Waals surface area contributed by atoms with E-state index in [2.05, 4.69) is 0 Å². The normalized spacial score (nSPS) is 12.3. The second kappa shape index (κ2) is 12.4. The van der Waals surface area contributed by atoms with Gasteiger partial charge in [0, 0.05) is 11.1 Å². The molecule has 0 radical (unpaired) electrons. The lowest BCUT2D eigenvalue weighted by molar-refractivity contribution is 0.0995. The van der Waals surface area contributed by atoms with Crippen LogP contribution in [0.25, 0.3) is 21.5 Å². The first-order valence-electron chi connectivity index (χ1n) is 12.0. The number of carbonyl (C=O) groups excluding carboxylic acids is 2. The van der Waals surface area contributed by atoms with E-state index in [-0.39, 0.29) is 26.4 Å². The van der Waals surface area contributed by atoms with Crippen LogP contribution < -0.4 is 0 Å². The van der Waals surface area contributed by atoms with Gasteiger partial charge < -0.3 is 18.1 Å². The van der Waals surface area contributed by atoms with E-state index in [1.54, 1.807) is 76.2 Å². The van der Waals surface area contributed by atoms with Crippen LogP contribution in [0.2, 0.25) is 0 Å². The van der Waals surface area contributed by atoms with Crippen molar-refractivity contribution in [2.45, 2.75) is 27.7 Å². The molecule has 0 saturated heterocycles. The van der Waals surface area contributed by atoms with Crippen molar-refractivity contribution in [1.29, 1.82) is 0 Å². The van der Waals surface area contributed by atoms with Gasteiger partial charge in [-0.2, -0.15) is 0 Å². The number of hydrogen-bond donors (Lipinski definition) is 0. The van der Waals surface area contributed by atoms with Gasteiger partial charge in [-0.15, -0.1) is 0 Å². The predicted molar refractivity (Wildman–Crippen MR) is 142 cm³/mol. The number of carbonyl (C=O) groups is 2. The summed E-state index contributed by atoms with van der Waals surface area (Å²) in [6, 6.07) is 14.0. The van der Waals surface area contributed by atoms with Crippen molar-refractivity contribution in [2.75, 3.05) is 38.8 Å². The molecule has 10 heteroatoms. The van der Waals surface area contributed by atoms with Gasteiger partial charge in [0.25, 0.3) is 0 Å². The maximum absolute atomic E-state index is 13.6. The Bertz CT molecular complexity index is 1170. The van der Waals surface area contributed by atoms with Gasteiger partial charge in [0.05, 0.1) is 26.4 Å². The maximum Gasteiger partial charge on any atom is 0.338 e. The van der Waals surface area contributed by atoms with Crippen LogP contribution in [0.4, 0.5) is 0 Å². The molecule has 0 aromatic heterocycles. The van der Waals surface area contributed by atoms with Crippen molar-refractivity contribution in [3.8, 4) is 0 Å². The lowest BCUT2D eigenvalue weighted by Crippen LogP contribution is -2.14. The Kier molecular flexibility index (Phi) is 9.76. The number of ketones is 2. The van der Waals surface area contributed by atoms with Crippen LogP contribution in [0.1, 0.15) is 48.4 Å². The molecule has 0 heterocycles. The summed E-state index contributed by atoms with van der Waals surface area (Å²) in [6.45, 7) is 7.29. The standard InChI is InChI=1S/C26H32O8P2/c1-5-31-35(29,32-6-2)17-23(27)25-19-13-9-11-15-21(19)26(22-16-12-10-14-20(22)25)24(28)18-36(30,33-7-3)34-8-4/h9-16H,5-8,17-18H2,1-4H3. The van der Waals surface area contributed by atoms with Gasteiger partial charge in [-0.1, -0.05) is 48.5 Å². The molecule has 8 nitrogen and oxygen atoms in total. The average Bonchev–Trinajstić information content (AvgIpc) is 2.82. The van der Waals surface area contributed by atoms with E-state index in [1.807, 2.05) is 0 Å². The van der Waals surface area contributed by atoms with Crippen molar-refractivity contribution in [1.82, 2.24) is 0 Å². The van der Waals surface area contributed by atoms with Crippen molar-refractivity contribution in [3.63, 3.8) is 0 Å². The minimum atomic E-state index is -3.66. The lowest BCUT2D eigenvalue weighted by Gasteiger charge is -2.20. The molecule has 36 heavy (non-hydrogen) atoms. The van der Waals surface area contributed by atoms with Crippen LogP contribution in [0.5, 0.6) is 0 Å². The van der Waals surface area contributed by atoms with E-state index >= 15 is 0 Å². The number of benzene rings is 3. The Morgan fingerprint density at radius 2 is 0.806 bits per heavy atom. The third kappa shape index (κ3) is 6.20. The summed E-state index contributed by atoms with van der Waals surface area (Å²) in [5, 5.41) is 2.08. The van der Waals surface area contributed by atoms with Crippen LogP contribution in [-0.4, -0.2) is 50.3 Å². The summed E-state index contributed by atoms with van der Waals surface area (Å²) in [7, 11) is -7.32. The second-order valence-corrected chi connectivity index (χ2v) is 12.0. The molecule has 0 aliphatic rings. The Balaban J connectivity index is 2.22. The average molecular weight is 534 g/mol. The smallest absolute Gasteiger partial charge is 0.309 e. The SMILES string of the molecule is CCOP(=O)(CC(=O)c1c2ccccc2c(C(=O)CP(=O)(OCC)OCC)c2ccccc12)OCC. The second-order valence-electron chi connectivity index (χ2n) is 7.90. The van der Waals surface area contributed by atoms with Crippen molar-refractivity contribution in [3.05, 3.63) is 59.7 Å². The first-order chi connectivity index (χ1) is 17.2. The van der Waals surface area contributed by atoms with E-state index in [9.17, 15) is 18.7 Å². The highest BCUT2D eigenvalue weighted by molar-refractivity contribution is 7.55. The summed E-state index contributed by atoms with van der Waals surface area (Å²) in [6.07, 6.45) is -0.861. The molecule has 0 bridgehead atoms. The van der Waals surface area contributed by atoms with Crippen molar-refractivity contribution >= 4 is 48.3 Å². The Morgan fingerprint density at radius 1 is 0.556 bits per heavy atom. The zero-order valence-corrected chi connectivity index (χ0v) is 22.8. The van der Waals surface area contributed by atoms with Gasteiger partial charge >= 0.3 is 15.2 Å². The lowest BCUT2D eigenvalue weighted by atomic mass is 9.89. The van der Waals surface area contributed by atoms with Gasteiger partial charge in [0.15, 0.2) is 11.6 Å². The van der Waals surface area contributed by atoms with Crippen molar-refractivity contribution in [2.24, 2.45) is 0 Å². The molecule has 0 aliphatic carbocycles. The third-order valence-corrected chi connectivity index (χ3v) is 9.42. The number of fused-ring (bicyclic) bond motifs is 2. The van der Waals surface area contributed by atoms with E-state index in [0.29, 0.717) is 32.7 Å². The molecular formula is C26H32O8P2. The number of rotatable bonds is 14. The van der Waals surface area contributed by atoms with E-state index in [1.165, 1.54) is 0 Å². The topological polar surface area (TPSA) is 105 Å². The summed E-state index contributed by atoms with van der Waals surface area (Å²) in [4.78, 5) is 27.2. The molecule has 0 aliphatic heterocycles. The Hall–Kier alpha value is -2.18. The molecule has 3 aromatic carbocycles. The van der Waals surface area contributed by atoms with Crippen molar-refractivity contribution < 1.29 is 36.8 Å². The minimum absolute atomic E-state index is 0.138. The quantitative estimate of drug-likeness (QED) is 0.125. The fourth-order valence-electron chi connectivity index (χ4n) is 4.28. The molecule has 0 saturated carbocycles. The summed E-state index contributed by atoms with van der Waals surface area (Å²) in [5.41, 5.74) is 0.658. The fourth-order valence-corrected chi connectivity index (χ4v) is 7.39. The molecule has 0 N–H and O–H groups in total. The summed E-state index contributed by atoms with van der Waals surface area (Å²) >= 11 is 0. The fraction of sp³-hybridized carbons (Fsp3) is 0.385. The Labute approximate surface area is 211 Å². The Morgan fingerprint density at radius 3 is 1.03 bits per heavy atom. The zero-order valence-electron chi connectivity index (χ0n) is 21.0. The largest absolute Gasteiger partial charge is 0.338 e. The zero-order chi connectivity index (χ0) is 26.3. The molecule has 3 rings (SSSR count). The van der Waals surface area contributed by atoms with Crippen LogP contribution in [0.3, 0.4) is 0 Å². The van der Waals surface area contributed by atoms with Gasteiger partial charge in [-0.3, -0.25) is 18.7 Å². The predicted octanol–water partition coefficient (Wildman–Crippen LogP) is 6.89. The summed E-state index contributed by atoms with van der Waals surface area (Å²) < 4.78 is 47.7. The molecule has 0 spiro atoms. The van der Waals surface area contributed by atoms with Gasteiger partial charge in [0.2, 0.25) is 0 Å². The monoisotopic (exact) mass is 534 g/mol. The van der Waals surface area contributed by atoms with Gasteiger partial charge in [-0.25, -0.2) is 0 Å². The van der Waals surface area contributed by atoms with Gasteiger partial charge in [0.1, 0.15) is 12.3 Å². The molecule has 3 aromatic rings. The third-order valence-electron chi connectivity index (χ3n) is 5.47. The highest BCUT2D eigenvalue weighted by Gasteiger charge is 2.33. The number of Topliss-reactive ketones (excluding diaryl/α,β-unsaturated/α-hetero) is 2. The van der Waals surface area contributed by atoms with Crippen LogP contribution in [0.15, 0.2) is 48.5 Å². The maximum atomic E-state index is 13.6. The highest BCUT2D eigenvalue weighted by Crippen LogP contribution is 2.50. The first-order valence-corrected chi connectivity index (χ1v) is 15.4. The first kappa shape index (κ1) is 28.4. The molecular weight excluding hydrogens is 502 g/mol. The molecule has 0 unspecified atom stereocenters. The van der Waals surface area contributed by atoms with E-state index in [0.717, 1.165) is 0 Å². The molecule has 194 valence electrons. The summed E-state index contributed by atoms with van der Waals surface area (Å²) in [5.74, 6) is -0.832. The van der Waals surface area contributed by atoms with Gasteiger partial charge in [-0.05, 0) is 49.2 Å². The highest BCUT2D eigenvalue weighted by atomic mass is 31.2. The van der Waals surface area contributed by atoms with Crippen LogP contribution in [-0.2, 0) is 27.2 Å². The van der Waals surface area contributed by atoms with Crippen LogP contribution in [0, 0.1) is 0 Å². The number of hydrogen-bond acceptors (Lipinski definition) is 8. The van der Waals surface area contributed by atoms with E-state index in [4.69, 9.17) is 18.1 Å². The molecule has 0 amide bonds. The molecule has 0 atom stereocenters. The molecule has 0 fully saturated rings. The minimum Gasteiger partial charge on any atom is -0.309 e.